The number of rotatable bonds is 1. The minimum atomic E-state index is -3.58. The molecule has 0 unspecified atom stereocenters. The van der Waals surface area contributed by atoms with Crippen molar-refractivity contribution in [2.24, 2.45) is 5.14 Å². The van der Waals surface area contributed by atoms with Gasteiger partial charge in [0, 0.05) is 11.9 Å². The molecule has 0 aliphatic rings. The number of primary sulfonamides is 1. The van der Waals surface area contributed by atoms with Gasteiger partial charge in [-0.25, -0.2) is 13.6 Å². The van der Waals surface area contributed by atoms with E-state index in [2.05, 4.69) is 4.98 Å². The van der Waals surface area contributed by atoms with Gasteiger partial charge in [-0.1, -0.05) is 13.8 Å². The van der Waals surface area contributed by atoms with Gasteiger partial charge in [-0.2, -0.15) is 0 Å². The quantitative estimate of drug-likeness (QED) is 0.740. The number of nitrogens with zero attached hydrogens (tertiary/aromatic N) is 1. The van der Waals surface area contributed by atoms with E-state index < -0.39 is 10.0 Å². The predicted octanol–water partition coefficient (Wildman–Crippen LogP) is 1.06. The van der Waals surface area contributed by atoms with Crippen LogP contribution in [0.15, 0.2) is 23.2 Å². The van der Waals surface area contributed by atoms with Gasteiger partial charge in [-0.15, -0.1) is 0 Å². The predicted molar refractivity (Wildman–Crippen MR) is 51.7 cm³/mol. The third-order valence-corrected chi connectivity index (χ3v) is 2.11. The molecule has 0 aliphatic carbocycles. The highest BCUT2D eigenvalue weighted by molar-refractivity contribution is 7.89. The number of hydrogen-bond donors (Lipinski definition) is 1. The first kappa shape index (κ1) is 12.1. The van der Waals surface area contributed by atoms with Gasteiger partial charge in [0.15, 0.2) is 0 Å². The van der Waals surface area contributed by atoms with Crippen molar-refractivity contribution in [2.75, 3.05) is 0 Å². The maximum atomic E-state index is 10.7. The molecule has 2 N–H and O–H groups in total. The van der Waals surface area contributed by atoms with Gasteiger partial charge in [-0.3, -0.25) is 4.98 Å². The molecule has 0 fully saturated rings. The molecule has 13 heavy (non-hydrogen) atoms. The van der Waals surface area contributed by atoms with Crippen LogP contribution in [-0.2, 0) is 10.0 Å². The molecule has 0 aromatic carbocycles. The summed E-state index contributed by atoms with van der Waals surface area (Å²) < 4.78 is 21.4. The van der Waals surface area contributed by atoms with E-state index in [4.69, 9.17) is 5.14 Å². The molecule has 0 radical (unpaired) electrons. The summed E-state index contributed by atoms with van der Waals surface area (Å²) in [4.78, 5) is 3.83. The van der Waals surface area contributed by atoms with Gasteiger partial charge >= 0.3 is 0 Å². The summed E-state index contributed by atoms with van der Waals surface area (Å²) in [7, 11) is -3.58. The molecule has 4 nitrogen and oxygen atoms in total. The van der Waals surface area contributed by atoms with Gasteiger partial charge in [0.1, 0.15) is 4.90 Å². The Bertz CT molecular complexity index is 343. The van der Waals surface area contributed by atoms with Crippen LogP contribution in [0.2, 0.25) is 0 Å². The molecule has 0 atom stereocenters. The van der Waals surface area contributed by atoms with Crippen molar-refractivity contribution >= 4 is 10.0 Å². The fourth-order valence-electron chi connectivity index (χ4n) is 0.623. The summed E-state index contributed by atoms with van der Waals surface area (Å²) in [6, 6.07) is 3.03. The molecule has 1 heterocycles. The van der Waals surface area contributed by atoms with Gasteiger partial charge in [0.25, 0.3) is 0 Å². The maximum Gasteiger partial charge on any atom is 0.239 e. The van der Waals surface area contributed by atoms with Gasteiger partial charge in [0.05, 0.1) is 0 Å². The zero-order valence-corrected chi connectivity index (χ0v) is 8.80. The van der Waals surface area contributed by atoms with Gasteiger partial charge < -0.3 is 0 Å². The average molecular weight is 202 g/mol. The molecule has 0 saturated carbocycles. The van der Waals surface area contributed by atoms with Crippen LogP contribution >= 0.6 is 0 Å². The zero-order chi connectivity index (χ0) is 10.5. The van der Waals surface area contributed by atoms with Crippen LogP contribution < -0.4 is 5.14 Å². The summed E-state index contributed by atoms with van der Waals surface area (Å²) in [6.45, 7) is 5.77. The Balaban J connectivity index is 0.000000671. The standard InChI is InChI=1S/C6H8N2O2S.C2H6/c1-5-2-3-6(4-8-5)11(7,9)10;1-2/h2-4H,1H3,(H2,7,9,10);1-2H3. The van der Waals surface area contributed by atoms with Gasteiger partial charge in [0.2, 0.25) is 10.0 Å². The fraction of sp³-hybridized carbons (Fsp3) is 0.375. The van der Waals surface area contributed by atoms with Crippen LogP contribution in [0.1, 0.15) is 19.5 Å². The topological polar surface area (TPSA) is 73.1 Å². The Hall–Kier alpha value is -0.940. The highest BCUT2D eigenvalue weighted by Gasteiger charge is 2.05. The molecule has 74 valence electrons. The van der Waals surface area contributed by atoms with E-state index in [1.807, 2.05) is 13.8 Å². The van der Waals surface area contributed by atoms with E-state index in [9.17, 15) is 8.42 Å². The summed E-state index contributed by atoms with van der Waals surface area (Å²) in [5.74, 6) is 0. The Kier molecular flexibility index (Phi) is 4.58. The lowest BCUT2D eigenvalue weighted by Gasteiger charge is -1.95. The van der Waals surface area contributed by atoms with E-state index in [1.165, 1.54) is 12.3 Å². The van der Waals surface area contributed by atoms with Crippen LogP contribution in [0.4, 0.5) is 0 Å². The first-order valence-corrected chi connectivity index (χ1v) is 5.50. The lowest BCUT2D eigenvalue weighted by atomic mass is 10.4. The molecule has 0 aliphatic heterocycles. The number of aryl methyl sites for hydroxylation is 1. The normalized spacial score (nSPS) is 10.2. The molecule has 5 heteroatoms. The molecule has 1 aromatic heterocycles. The largest absolute Gasteiger partial charge is 0.260 e. The lowest BCUT2D eigenvalue weighted by molar-refractivity contribution is 0.597. The van der Waals surface area contributed by atoms with Crippen LogP contribution in [0, 0.1) is 6.92 Å². The van der Waals surface area contributed by atoms with Gasteiger partial charge in [-0.05, 0) is 19.1 Å². The molecule has 0 spiro atoms. The summed E-state index contributed by atoms with van der Waals surface area (Å²) in [5.41, 5.74) is 0.761. The second-order valence-corrected chi connectivity index (χ2v) is 3.74. The first-order valence-electron chi connectivity index (χ1n) is 3.95. The second-order valence-electron chi connectivity index (χ2n) is 2.18. The smallest absolute Gasteiger partial charge is 0.239 e. The second kappa shape index (κ2) is 4.94. The van der Waals surface area contributed by atoms with Crippen molar-refractivity contribution in [2.45, 2.75) is 25.7 Å². The van der Waals surface area contributed by atoms with Crippen molar-refractivity contribution in [1.29, 1.82) is 0 Å². The SMILES string of the molecule is CC.Cc1ccc(S(N)(=O)=O)cn1. The summed E-state index contributed by atoms with van der Waals surface area (Å²) >= 11 is 0. The maximum absolute atomic E-state index is 10.7. The highest BCUT2D eigenvalue weighted by Crippen LogP contribution is 2.03. The van der Waals surface area contributed by atoms with Crippen LogP contribution in [0.3, 0.4) is 0 Å². The van der Waals surface area contributed by atoms with E-state index >= 15 is 0 Å². The number of pyridine rings is 1. The number of sulfonamides is 1. The van der Waals surface area contributed by atoms with Crippen LogP contribution in [0.5, 0.6) is 0 Å². The molecule has 0 saturated heterocycles. The molecule has 1 aromatic rings. The van der Waals surface area contributed by atoms with Crippen molar-refractivity contribution < 1.29 is 8.42 Å². The van der Waals surface area contributed by atoms with Crippen LogP contribution in [0.25, 0.3) is 0 Å². The Morgan fingerprint density at radius 2 is 1.85 bits per heavy atom. The highest BCUT2D eigenvalue weighted by atomic mass is 32.2. The van der Waals surface area contributed by atoms with E-state index in [0.717, 1.165) is 5.69 Å². The Morgan fingerprint density at radius 3 is 2.15 bits per heavy atom. The van der Waals surface area contributed by atoms with Crippen molar-refractivity contribution in [3.63, 3.8) is 0 Å². The van der Waals surface area contributed by atoms with E-state index in [0.29, 0.717) is 0 Å². The monoisotopic (exact) mass is 202 g/mol. The molecule has 0 bridgehead atoms. The number of hydrogen-bond acceptors (Lipinski definition) is 3. The van der Waals surface area contributed by atoms with Crippen molar-refractivity contribution in [3.8, 4) is 0 Å². The fourth-order valence-corrected chi connectivity index (χ4v) is 1.08. The molecule has 1 rings (SSSR count). The minimum absolute atomic E-state index is 0.0445. The summed E-state index contributed by atoms with van der Waals surface area (Å²) in [5, 5.41) is 4.84. The third-order valence-electron chi connectivity index (χ3n) is 1.21. The van der Waals surface area contributed by atoms with Crippen molar-refractivity contribution in [3.05, 3.63) is 24.0 Å². The van der Waals surface area contributed by atoms with Crippen LogP contribution in [-0.4, -0.2) is 13.4 Å². The van der Waals surface area contributed by atoms with E-state index in [1.54, 1.807) is 13.0 Å². The molecular formula is C8H14N2O2S. The Labute approximate surface area is 78.9 Å². The van der Waals surface area contributed by atoms with E-state index in [-0.39, 0.29) is 4.90 Å². The lowest BCUT2D eigenvalue weighted by Crippen LogP contribution is -2.12. The molecular weight excluding hydrogens is 188 g/mol. The summed E-state index contributed by atoms with van der Waals surface area (Å²) in [6.07, 6.45) is 1.24. The Morgan fingerprint density at radius 1 is 1.31 bits per heavy atom. The number of aromatic nitrogens is 1. The molecule has 0 amide bonds. The number of nitrogens with two attached hydrogens (primary N) is 1. The zero-order valence-electron chi connectivity index (χ0n) is 7.98. The minimum Gasteiger partial charge on any atom is -0.260 e. The first-order chi connectivity index (χ1) is 6.00. The third kappa shape index (κ3) is 4.00. The average Bonchev–Trinajstić information content (AvgIpc) is 2.07. The van der Waals surface area contributed by atoms with Crippen molar-refractivity contribution in [1.82, 2.24) is 4.98 Å².